The molecule has 0 heterocycles. The molecule has 0 aliphatic rings. The summed E-state index contributed by atoms with van der Waals surface area (Å²) in [5.41, 5.74) is -0.597. The molecule has 0 atom stereocenters. The number of benzene rings is 1. The highest BCUT2D eigenvalue weighted by Gasteiger charge is 2.22. The molecule has 6 heteroatoms. The third kappa shape index (κ3) is 4.38. The largest absolute Gasteiger partial charge is 0.494 e. The van der Waals surface area contributed by atoms with Crippen LogP contribution >= 0.6 is 0 Å². The van der Waals surface area contributed by atoms with Gasteiger partial charge in [0.15, 0.2) is 11.6 Å². The van der Waals surface area contributed by atoms with E-state index in [1.807, 2.05) is 13.8 Å². The maximum Gasteiger partial charge on any atom is 0.319 e. The highest BCUT2D eigenvalue weighted by Crippen LogP contribution is 2.20. The Labute approximate surface area is 118 Å². The van der Waals surface area contributed by atoms with Gasteiger partial charge >= 0.3 is 6.03 Å². The van der Waals surface area contributed by atoms with Crippen LogP contribution in [0.4, 0.5) is 14.9 Å². The molecular formula is C14H21FN2O3. The molecule has 0 radical (unpaired) electrons. The van der Waals surface area contributed by atoms with Crippen LogP contribution < -0.4 is 15.4 Å². The molecule has 1 rings (SSSR count). The molecule has 0 aliphatic heterocycles. The third-order valence-corrected chi connectivity index (χ3v) is 3.30. The van der Waals surface area contributed by atoms with Gasteiger partial charge in [-0.25, -0.2) is 9.18 Å². The zero-order chi connectivity index (χ0) is 15.2. The van der Waals surface area contributed by atoms with E-state index in [4.69, 9.17) is 4.74 Å². The first-order chi connectivity index (χ1) is 9.44. The van der Waals surface area contributed by atoms with Crippen LogP contribution in [-0.2, 0) is 0 Å². The standard InChI is InChI=1S/C14H21FN2O3/c1-4-14(19,5-2)9-16-13(18)17-10-6-7-12(20-3)11(15)8-10/h6-8,19H,4-5,9H2,1-3H3,(H2,16,17,18). The van der Waals surface area contributed by atoms with Crippen LogP contribution in [0.25, 0.3) is 0 Å². The number of ether oxygens (including phenoxy) is 1. The van der Waals surface area contributed by atoms with Crippen molar-refractivity contribution in [1.82, 2.24) is 5.32 Å². The lowest BCUT2D eigenvalue weighted by Crippen LogP contribution is -2.43. The molecule has 112 valence electrons. The molecular weight excluding hydrogens is 263 g/mol. The minimum Gasteiger partial charge on any atom is -0.494 e. The molecule has 1 aromatic carbocycles. The summed E-state index contributed by atoms with van der Waals surface area (Å²) >= 11 is 0. The van der Waals surface area contributed by atoms with Crippen molar-refractivity contribution in [2.24, 2.45) is 0 Å². The number of methoxy groups -OCH3 is 1. The van der Waals surface area contributed by atoms with Crippen molar-refractivity contribution in [2.75, 3.05) is 19.0 Å². The number of hydrogen-bond donors (Lipinski definition) is 3. The quantitative estimate of drug-likeness (QED) is 0.751. The first-order valence-corrected chi connectivity index (χ1v) is 6.55. The van der Waals surface area contributed by atoms with E-state index in [0.29, 0.717) is 18.5 Å². The van der Waals surface area contributed by atoms with E-state index in [9.17, 15) is 14.3 Å². The predicted octanol–water partition coefficient (Wildman–Crippen LogP) is 2.51. The van der Waals surface area contributed by atoms with Crippen LogP contribution in [0.2, 0.25) is 0 Å². The van der Waals surface area contributed by atoms with Gasteiger partial charge in [0.05, 0.1) is 12.7 Å². The fourth-order valence-corrected chi connectivity index (χ4v) is 1.66. The van der Waals surface area contributed by atoms with Crippen LogP contribution in [0.1, 0.15) is 26.7 Å². The molecule has 20 heavy (non-hydrogen) atoms. The van der Waals surface area contributed by atoms with Crippen molar-refractivity contribution < 1.29 is 19.0 Å². The normalized spacial score (nSPS) is 11.1. The minimum absolute atomic E-state index is 0.113. The number of aliphatic hydroxyl groups is 1. The summed E-state index contributed by atoms with van der Waals surface area (Å²) in [4.78, 5) is 11.7. The Morgan fingerprint density at radius 2 is 2.05 bits per heavy atom. The van der Waals surface area contributed by atoms with Crippen molar-refractivity contribution in [3.63, 3.8) is 0 Å². The van der Waals surface area contributed by atoms with Gasteiger partial charge in [-0.15, -0.1) is 0 Å². The Morgan fingerprint density at radius 1 is 1.40 bits per heavy atom. The molecule has 0 aromatic heterocycles. The molecule has 5 nitrogen and oxygen atoms in total. The van der Waals surface area contributed by atoms with Crippen molar-refractivity contribution >= 4 is 11.7 Å². The Kier molecular flexibility index (Phi) is 5.76. The van der Waals surface area contributed by atoms with E-state index in [2.05, 4.69) is 10.6 Å². The maximum atomic E-state index is 13.4. The van der Waals surface area contributed by atoms with Crippen molar-refractivity contribution in [3.05, 3.63) is 24.0 Å². The highest BCUT2D eigenvalue weighted by molar-refractivity contribution is 5.89. The van der Waals surface area contributed by atoms with Gasteiger partial charge in [0.2, 0.25) is 0 Å². The summed E-state index contributed by atoms with van der Waals surface area (Å²) in [6, 6.07) is 3.65. The first kappa shape index (κ1) is 16.2. The molecule has 0 saturated heterocycles. The van der Waals surface area contributed by atoms with Crippen LogP contribution in [0, 0.1) is 5.82 Å². The molecule has 3 N–H and O–H groups in total. The number of rotatable bonds is 6. The molecule has 0 aliphatic carbocycles. The van der Waals surface area contributed by atoms with Gasteiger partial charge in [-0.2, -0.15) is 0 Å². The average molecular weight is 284 g/mol. The van der Waals surface area contributed by atoms with E-state index < -0.39 is 17.4 Å². The molecule has 2 amide bonds. The number of halogens is 1. The average Bonchev–Trinajstić information content (AvgIpc) is 2.45. The van der Waals surface area contributed by atoms with Crippen LogP contribution in [0.5, 0.6) is 5.75 Å². The van der Waals surface area contributed by atoms with Crippen molar-refractivity contribution in [2.45, 2.75) is 32.3 Å². The van der Waals surface area contributed by atoms with Gasteiger partial charge < -0.3 is 20.5 Å². The van der Waals surface area contributed by atoms with Crippen LogP contribution in [-0.4, -0.2) is 30.4 Å². The summed E-state index contributed by atoms with van der Waals surface area (Å²) in [5.74, 6) is -0.439. The highest BCUT2D eigenvalue weighted by atomic mass is 19.1. The van der Waals surface area contributed by atoms with E-state index in [-0.39, 0.29) is 12.3 Å². The lowest BCUT2D eigenvalue weighted by atomic mass is 9.98. The zero-order valence-corrected chi connectivity index (χ0v) is 12.0. The number of anilines is 1. The van der Waals surface area contributed by atoms with Gasteiger partial charge in [0.1, 0.15) is 0 Å². The van der Waals surface area contributed by atoms with Gasteiger partial charge in [-0.05, 0) is 25.0 Å². The second-order valence-electron chi connectivity index (χ2n) is 4.59. The number of nitrogens with one attached hydrogen (secondary N) is 2. The number of carbonyl (C=O) groups is 1. The van der Waals surface area contributed by atoms with E-state index >= 15 is 0 Å². The van der Waals surface area contributed by atoms with Crippen LogP contribution in [0.15, 0.2) is 18.2 Å². The Bertz CT molecular complexity index is 462. The summed E-state index contributed by atoms with van der Waals surface area (Å²) < 4.78 is 18.2. The summed E-state index contributed by atoms with van der Waals surface area (Å²) in [6.45, 7) is 3.84. The van der Waals surface area contributed by atoms with E-state index in [1.165, 1.54) is 25.3 Å². The monoisotopic (exact) mass is 284 g/mol. The summed E-state index contributed by atoms with van der Waals surface area (Å²) in [5, 5.41) is 15.1. The van der Waals surface area contributed by atoms with Crippen molar-refractivity contribution in [1.29, 1.82) is 0 Å². The number of urea groups is 1. The molecule has 0 fully saturated rings. The van der Waals surface area contributed by atoms with Gasteiger partial charge in [0, 0.05) is 18.3 Å². The van der Waals surface area contributed by atoms with Gasteiger partial charge in [-0.1, -0.05) is 13.8 Å². The first-order valence-electron chi connectivity index (χ1n) is 6.55. The third-order valence-electron chi connectivity index (χ3n) is 3.30. The fourth-order valence-electron chi connectivity index (χ4n) is 1.66. The van der Waals surface area contributed by atoms with Gasteiger partial charge in [-0.3, -0.25) is 0 Å². The number of carbonyl (C=O) groups excluding carboxylic acids is 1. The SMILES string of the molecule is CCC(O)(CC)CNC(=O)Nc1ccc(OC)c(F)c1. The number of amides is 2. The topological polar surface area (TPSA) is 70.6 Å². The fraction of sp³-hybridized carbons (Fsp3) is 0.500. The van der Waals surface area contributed by atoms with E-state index in [1.54, 1.807) is 0 Å². The Morgan fingerprint density at radius 3 is 2.55 bits per heavy atom. The molecule has 0 spiro atoms. The summed E-state index contributed by atoms with van der Waals surface area (Å²) in [6.07, 6.45) is 1.09. The Balaban J connectivity index is 2.56. The maximum absolute atomic E-state index is 13.4. The van der Waals surface area contributed by atoms with Gasteiger partial charge in [0.25, 0.3) is 0 Å². The Hall–Kier alpha value is -1.82. The predicted molar refractivity (Wildman–Crippen MR) is 75.5 cm³/mol. The van der Waals surface area contributed by atoms with E-state index in [0.717, 1.165) is 0 Å². The zero-order valence-electron chi connectivity index (χ0n) is 12.0. The molecule has 0 saturated carbocycles. The smallest absolute Gasteiger partial charge is 0.319 e. The summed E-state index contributed by atoms with van der Waals surface area (Å²) in [7, 11) is 1.37. The molecule has 1 aromatic rings. The van der Waals surface area contributed by atoms with Crippen LogP contribution in [0.3, 0.4) is 0 Å². The molecule has 0 bridgehead atoms. The minimum atomic E-state index is -0.914. The second-order valence-corrected chi connectivity index (χ2v) is 4.59. The second kappa shape index (κ2) is 7.09. The lowest BCUT2D eigenvalue weighted by molar-refractivity contribution is 0.0354. The lowest BCUT2D eigenvalue weighted by Gasteiger charge is -2.25. The molecule has 0 unspecified atom stereocenters. The van der Waals surface area contributed by atoms with Crippen molar-refractivity contribution in [3.8, 4) is 5.75 Å². The number of hydrogen-bond acceptors (Lipinski definition) is 3.